The molecule has 0 aliphatic rings. The molecule has 0 aliphatic carbocycles. The van der Waals surface area contributed by atoms with E-state index >= 15 is 8.78 Å². The monoisotopic (exact) mass is 425 g/mol. The zero-order valence-electron chi connectivity index (χ0n) is 14.9. The van der Waals surface area contributed by atoms with Crippen LogP contribution in [0.1, 0.15) is 17.2 Å². The van der Waals surface area contributed by atoms with E-state index in [9.17, 15) is 8.78 Å². The van der Waals surface area contributed by atoms with Gasteiger partial charge in [-0.3, -0.25) is 5.01 Å². The first kappa shape index (κ1) is 20.8. The van der Waals surface area contributed by atoms with Crippen molar-refractivity contribution in [3.05, 3.63) is 76.4 Å². The number of hydrogen-bond donors (Lipinski definition) is 2. The Hall–Kier alpha value is -2.91. The predicted molar refractivity (Wildman–Crippen MR) is 103 cm³/mol. The molecule has 0 saturated heterocycles. The van der Waals surface area contributed by atoms with E-state index in [1.54, 1.807) is 6.07 Å². The van der Waals surface area contributed by atoms with Gasteiger partial charge in [-0.25, -0.2) is 19.6 Å². The first-order chi connectivity index (χ1) is 13.7. The van der Waals surface area contributed by atoms with Crippen molar-refractivity contribution in [1.82, 2.24) is 9.99 Å². The van der Waals surface area contributed by atoms with Crippen molar-refractivity contribution < 1.29 is 17.6 Å². The molecule has 0 fully saturated rings. The summed E-state index contributed by atoms with van der Waals surface area (Å²) in [5.41, 5.74) is -0.729. The maximum absolute atomic E-state index is 15.5. The average molecular weight is 426 g/mol. The summed E-state index contributed by atoms with van der Waals surface area (Å²) in [5.74, 6) is 3.15. The second-order valence-electron chi connectivity index (χ2n) is 6.34. The van der Waals surface area contributed by atoms with E-state index in [2.05, 4.69) is 10.1 Å². The number of benzene rings is 2. The molecule has 3 aromatic rings. The number of nitrogens with two attached hydrogens (primary N) is 2. The number of rotatable bonds is 6. The van der Waals surface area contributed by atoms with Crippen LogP contribution in [0.25, 0.3) is 10.9 Å². The van der Waals surface area contributed by atoms with Crippen molar-refractivity contribution in [3.63, 3.8) is 0 Å². The van der Waals surface area contributed by atoms with Gasteiger partial charge in [-0.2, -0.15) is 13.9 Å². The summed E-state index contributed by atoms with van der Waals surface area (Å²) in [6.45, 7) is -0.559. The molecule has 0 bridgehead atoms. The van der Waals surface area contributed by atoms with Crippen molar-refractivity contribution >= 4 is 28.8 Å². The van der Waals surface area contributed by atoms with E-state index in [1.807, 2.05) is 0 Å². The highest BCUT2D eigenvalue weighted by Crippen LogP contribution is 2.43. The van der Waals surface area contributed by atoms with Crippen LogP contribution in [0.2, 0.25) is 5.02 Å². The summed E-state index contributed by atoms with van der Waals surface area (Å²) in [4.78, 5) is 4.01. The number of nitrogens with zero attached hydrogens (tertiary/aromatic N) is 3. The number of hydrazine groups is 1. The van der Waals surface area contributed by atoms with Gasteiger partial charge in [-0.15, -0.1) is 0 Å². The van der Waals surface area contributed by atoms with Gasteiger partial charge in [0.05, 0.1) is 11.4 Å². The zero-order valence-corrected chi connectivity index (χ0v) is 15.6. The molecule has 1 heterocycles. The molecule has 0 aliphatic heterocycles. The molecule has 0 spiro atoms. The average Bonchev–Trinajstić information content (AvgIpc) is 2.66. The molecule has 0 radical (unpaired) electrons. The van der Waals surface area contributed by atoms with Gasteiger partial charge in [0.15, 0.2) is 0 Å². The van der Waals surface area contributed by atoms with Gasteiger partial charge >= 0.3 is 0 Å². The van der Waals surface area contributed by atoms with Gasteiger partial charge in [-0.05, 0) is 35.9 Å². The maximum Gasteiger partial charge on any atom is 0.298 e. The molecule has 1 atom stereocenters. The van der Waals surface area contributed by atoms with Crippen molar-refractivity contribution in [2.45, 2.75) is 11.8 Å². The standard InChI is InChI=1S/C19H16ClF4N5/c20-12-2-5-17-11(7-12)1-6-18(28-17)19(23,24)15(9-29(26)10-27-25)14-4-3-13(21)8-16(14)22/h1-8,10,15H,9,25-26H2/b27-10-. The first-order valence-electron chi connectivity index (χ1n) is 8.36. The van der Waals surface area contributed by atoms with E-state index in [0.29, 0.717) is 16.5 Å². The minimum absolute atomic E-state index is 0.290. The van der Waals surface area contributed by atoms with Gasteiger partial charge in [0.2, 0.25) is 0 Å². The van der Waals surface area contributed by atoms with Crippen LogP contribution >= 0.6 is 11.6 Å². The zero-order chi connectivity index (χ0) is 21.2. The summed E-state index contributed by atoms with van der Waals surface area (Å²) >= 11 is 5.91. The molecule has 152 valence electrons. The van der Waals surface area contributed by atoms with Gasteiger partial charge in [0, 0.05) is 23.0 Å². The number of hydrogen-bond acceptors (Lipinski definition) is 4. The number of halogens is 5. The summed E-state index contributed by atoms with van der Waals surface area (Å²) < 4.78 is 58.6. The Kier molecular flexibility index (Phi) is 5.90. The lowest BCUT2D eigenvalue weighted by Crippen LogP contribution is -2.40. The Balaban J connectivity index is 2.10. The minimum Gasteiger partial charge on any atom is -0.322 e. The van der Waals surface area contributed by atoms with E-state index in [1.165, 1.54) is 18.2 Å². The Morgan fingerprint density at radius 2 is 1.90 bits per heavy atom. The topological polar surface area (TPSA) is 80.5 Å². The summed E-state index contributed by atoms with van der Waals surface area (Å²) in [5, 5.41) is 4.97. The second kappa shape index (κ2) is 8.22. The van der Waals surface area contributed by atoms with Crippen LogP contribution in [-0.4, -0.2) is 22.9 Å². The summed E-state index contributed by atoms with van der Waals surface area (Å²) in [7, 11) is 0. The van der Waals surface area contributed by atoms with Crippen LogP contribution < -0.4 is 11.7 Å². The minimum atomic E-state index is -3.66. The van der Waals surface area contributed by atoms with Crippen LogP contribution in [0.5, 0.6) is 0 Å². The van der Waals surface area contributed by atoms with E-state index in [4.69, 9.17) is 23.3 Å². The third-order valence-electron chi connectivity index (χ3n) is 4.38. The SMILES string of the molecule is N/N=C\N(N)CC(c1ccc(F)cc1F)C(F)(F)c1ccc2cc(Cl)ccc2n1. The molecular weight excluding hydrogens is 410 g/mol. The van der Waals surface area contributed by atoms with Gasteiger partial charge < -0.3 is 5.84 Å². The lowest BCUT2D eigenvalue weighted by Gasteiger charge is -2.30. The molecule has 0 amide bonds. The van der Waals surface area contributed by atoms with E-state index in [0.717, 1.165) is 29.5 Å². The highest BCUT2D eigenvalue weighted by atomic mass is 35.5. The lowest BCUT2D eigenvalue weighted by molar-refractivity contribution is -0.0440. The fourth-order valence-electron chi connectivity index (χ4n) is 3.00. The highest BCUT2D eigenvalue weighted by molar-refractivity contribution is 6.31. The Morgan fingerprint density at radius 3 is 2.59 bits per heavy atom. The Bertz CT molecular complexity index is 1060. The molecule has 1 aromatic heterocycles. The van der Waals surface area contributed by atoms with Crippen molar-refractivity contribution in [3.8, 4) is 0 Å². The van der Waals surface area contributed by atoms with Crippen molar-refractivity contribution in [1.29, 1.82) is 0 Å². The number of hydrazone groups is 1. The lowest BCUT2D eigenvalue weighted by atomic mass is 9.89. The fourth-order valence-corrected chi connectivity index (χ4v) is 3.18. The largest absolute Gasteiger partial charge is 0.322 e. The molecule has 4 N–H and O–H groups in total. The molecule has 29 heavy (non-hydrogen) atoms. The van der Waals surface area contributed by atoms with Crippen LogP contribution in [0, 0.1) is 11.6 Å². The third kappa shape index (κ3) is 4.41. The molecule has 2 aromatic carbocycles. The van der Waals surface area contributed by atoms with Crippen LogP contribution in [-0.2, 0) is 5.92 Å². The van der Waals surface area contributed by atoms with Gasteiger partial charge in [0.1, 0.15) is 23.7 Å². The normalized spacial score (nSPS) is 13.2. The quantitative estimate of drug-likeness (QED) is 0.205. The second-order valence-corrected chi connectivity index (χ2v) is 6.77. The highest BCUT2D eigenvalue weighted by Gasteiger charge is 2.45. The predicted octanol–water partition coefficient (Wildman–Crippen LogP) is 4.12. The van der Waals surface area contributed by atoms with E-state index in [-0.39, 0.29) is 5.52 Å². The van der Waals surface area contributed by atoms with Crippen LogP contribution in [0.3, 0.4) is 0 Å². The Morgan fingerprint density at radius 1 is 1.14 bits per heavy atom. The number of alkyl halides is 2. The number of pyridine rings is 1. The maximum atomic E-state index is 15.5. The molecule has 3 rings (SSSR count). The summed E-state index contributed by atoms with van der Waals surface area (Å²) in [6, 6.07) is 9.57. The summed E-state index contributed by atoms with van der Waals surface area (Å²) in [6.07, 6.45) is 0.917. The van der Waals surface area contributed by atoms with Crippen LogP contribution in [0.15, 0.2) is 53.6 Å². The van der Waals surface area contributed by atoms with Crippen molar-refractivity contribution in [2.75, 3.05) is 6.54 Å². The van der Waals surface area contributed by atoms with E-state index < -0.39 is 41.3 Å². The van der Waals surface area contributed by atoms with Gasteiger partial charge in [-0.1, -0.05) is 23.7 Å². The Labute approximate surface area is 168 Å². The molecule has 1 unspecified atom stereocenters. The molecule has 10 heteroatoms. The molecule has 5 nitrogen and oxygen atoms in total. The fraction of sp³-hybridized carbons (Fsp3) is 0.158. The smallest absolute Gasteiger partial charge is 0.298 e. The first-order valence-corrected chi connectivity index (χ1v) is 8.74. The number of aromatic nitrogens is 1. The van der Waals surface area contributed by atoms with Gasteiger partial charge in [0.25, 0.3) is 5.92 Å². The van der Waals surface area contributed by atoms with Crippen molar-refractivity contribution in [2.24, 2.45) is 16.8 Å². The third-order valence-corrected chi connectivity index (χ3v) is 4.61. The number of fused-ring (bicyclic) bond motifs is 1. The van der Waals surface area contributed by atoms with Crippen LogP contribution in [0.4, 0.5) is 17.6 Å². The molecular formula is C19H16ClF4N5. The molecule has 0 saturated carbocycles.